The predicted molar refractivity (Wildman–Crippen MR) is 95.8 cm³/mol. The number of benzene rings is 2. The molecule has 0 N–H and O–H groups in total. The van der Waals surface area contributed by atoms with Crippen molar-refractivity contribution in [1.82, 2.24) is 9.80 Å². The zero-order valence-electron chi connectivity index (χ0n) is 14.7. The highest BCUT2D eigenvalue weighted by Crippen LogP contribution is 2.17. The van der Waals surface area contributed by atoms with Gasteiger partial charge in [0, 0.05) is 31.7 Å². The third-order valence-corrected chi connectivity index (χ3v) is 4.49. The van der Waals surface area contributed by atoms with Gasteiger partial charge in [-0.25, -0.2) is 4.39 Å². The molecule has 2 aromatic carbocycles. The van der Waals surface area contributed by atoms with Crippen molar-refractivity contribution in [2.24, 2.45) is 0 Å². The van der Waals surface area contributed by atoms with E-state index in [1.54, 1.807) is 53.3 Å². The van der Waals surface area contributed by atoms with E-state index in [1.807, 2.05) is 0 Å². The summed E-state index contributed by atoms with van der Waals surface area (Å²) < 4.78 is 19.0. The molecule has 0 aliphatic carbocycles. The summed E-state index contributed by atoms with van der Waals surface area (Å²) in [5, 5.41) is 0. The summed E-state index contributed by atoms with van der Waals surface area (Å²) >= 11 is 0. The molecule has 0 atom stereocenters. The van der Waals surface area contributed by atoms with E-state index in [4.69, 9.17) is 4.74 Å². The van der Waals surface area contributed by atoms with Crippen LogP contribution >= 0.6 is 0 Å². The molecule has 0 saturated carbocycles. The molecule has 1 aliphatic heterocycles. The summed E-state index contributed by atoms with van der Waals surface area (Å²) in [6.45, 7) is 1.84. The van der Waals surface area contributed by atoms with Gasteiger partial charge in [-0.15, -0.1) is 0 Å². The Kier molecular flexibility index (Phi) is 5.51. The maximum Gasteiger partial charge on any atom is 0.256 e. The average Bonchev–Trinajstić information content (AvgIpc) is 2.93. The van der Waals surface area contributed by atoms with Crippen LogP contribution in [0.25, 0.3) is 0 Å². The van der Waals surface area contributed by atoms with E-state index in [-0.39, 0.29) is 17.4 Å². The molecule has 2 aromatic rings. The van der Waals surface area contributed by atoms with Crippen molar-refractivity contribution in [3.05, 3.63) is 65.5 Å². The third kappa shape index (κ3) is 3.85. The minimum Gasteiger partial charge on any atom is -0.497 e. The van der Waals surface area contributed by atoms with Crippen molar-refractivity contribution < 1.29 is 18.7 Å². The van der Waals surface area contributed by atoms with Crippen molar-refractivity contribution in [2.45, 2.75) is 6.42 Å². The highest BCUT2D eigenvalue weighted by Gasteiger charge is 2.24. The Labute approximate surface area is 152 Å². The average molecular weight is 356 g/mol. The zero-order valence-corrected chi connectivity index (χ0v) is 14.7. The van der Waals surface area contributed by atoms with Crippen LogP contribution in [-0.2, 0) is 0 Å². The van der Waals surface area contributed by atoms with Gasteiger partial charge in [-0.3, -0.25) is 9.59 Å². The molecule has 136 valence electrons. The smallest absolute Gasteiger partial charge is 0.256 e. The molecule has 1 fully saturated rings. The lowest BCUT2D eigenvalue weighted by Crippen LogP contribution is -2.37. The van der Waals surface area contributed by atoms with E-state index in [1.165, 1.54) is 12.1 Å². The van der Waals surface area contributed by atoms with Gasteiger partial charge in [0.1, 0.15) is 11.6 Å². The third-order valence-electron chi connectivity index (χ3n) is 4.49. The number of carbonyl (C=O) groups is 2. The zero-order chi connectivity index (χ0) is 18.5. The van der Waals surface area contributed by atoms with E-state index in [9.17, 15) is 14.0 Å². The van der Waals surface area contributed by atoms with Crippen LogP contribution in [0.15, 0.2) is 48.5 Å². The second kappa shape index (κ2) is 7.99. The molecule has 0 bridgehead atoms. The first kappa shape index (κ1) is 17.9. The van der Waals surface area contributed by atoms with Crippen molar-refractivity contribution in [3.8, 4) is 5.75 Å². The number of ether oxygens (including phenoxy) is 1. The largest absolute Gasteiger partial charge is 0.497 e. The first-order valence-electron chi connectivity index (χ1n) is 8.57. The molecule has 0 spiro atoms. The number of amides is 2. The van der Waals surface area contributed by atoms with Crippen LogP contribution in [0, 0.1) is 5.82 Å². The molecule has 0 aromatic heterocycles. The molecule has 0 radical (unpaired) electrons. The minimum absolute atomic E-state index is 0.0695. The van der Waals surface area contributed by atoms with Crippen LogP contribution in [0.1, 0.15) is 27.1 Å². The van der Waals surface area contributed by atoms with Crippen molar-refractivity contribution >= 4 is 11.8 Å². The van der Waals surface area contributed by atoms with Crippen LogP contribution in [-0.4, -0.2) is 54.9 Å². The normalized spacial score (nSPS) is 14.7. The van der Waals surface area contributed by atoms with Crippen molar-refractivity contribution in [3.63, 3.8) is 0 Å². The lowest BCUT2D eigenvalue weighted by atomic mass is 10.2. The van der Waals surface area contributed by atoms with E-state index in [0.29, 0.717) is 43.9 Å². The monoisotopic (exact) mass is 356 g/mol. The number of rotatable bonds is 3. The first-order valence-corrected chi connectivity index (χ1v) is 8.57. The van der Waals surface area contributed by atoms with Gasteiger partial charge < -0.3 is 14.5 Å². The van der Waals surface area contributed by atoms with Crippen LogP contribution in [0.4, 0.5) is 4.39 Å². The number of halogens is 1. The molecule has 1 saturated heterocycles. The fourth-order valence-electron chi connectivity index (χ4n) is 3.07. The highest BCUT2D eigenvalue weighted by molar-refractivity contribution is 5.95. The fraction of sp³-hybridized carbons (Fsp3) is 0.300. The quantitative estimate of drug-likeness (QED) is 0.850. The van der Waals surface area contributed by atoms with Crippen LogP contribution in [0.5, 0.6) is 5.75 Å². The van der Waals surface area contributed by atoms with E-state index in [2.05, 4.69) is 0 Å². The predicted octanol–water partition coefficient (Wildman–Crippen LogP) is 2.82. The maximum absolute atomic E-state index is 13.9. The number of carbonyl (C=O) groups excluding carboxylic acids is 2. The summed E-state index contributed by atoms with van der Waals surface area (Å²) in [7, 11) is 1.56. The maximum atomic E-state index is 13.9. The molecule has 3 rings (SSSR count). The van der Waals surface area contributed by atoms with Gasteiger partial charge in [-0.1, -0.05) is 18.2 Å². The minimum atomic E-state index is -0.522. The Morgan fingerprint density at radius 2 is 1.62 bits per heavy atom. The van der Waals surface area contributed by atoms with Gasteiger partial charge in [-0.2, -0.15) is 0 Å². The van der Waals surface area contributed by atoms with Gasteiger partial charge in [0.2, 0.25) is 0 Å². The second-order valence-electron chi connectivity index (χ2n) is 6.15. The summed E-state index contributed by atoms with van der Waals surface area (Å²) in [6, 6.07) is 13.0. The Morgan fingerprint density at radius 1 is 0.923 bits per heavy atom. The van der Waals surface area contributed by atoms with Gasteiger partial charge in [0.25, 0.3) is 11.8 Å². The summed E-state index contributed by atoms with van der Waals surface area (Å²) in [5.74, 6) is -0.323. The number of nitrogens with zero attached hydrogens (tertiary/aromatic N) is 2. The van der Waals surface area contributed by atoms with Gasteiger partial charge in [-0.05, 0) is 36.8 Å². The Balaban J connectivity index is 1.69. The Bertz CT molecular complexity index is 809. The van der Waals surface area contributed by atoms with Crippen molar-refractivity contribution in [1.29, 1.82) is 0 Å². The SMILES string of the molecule is COc1cccc(C(=O)N2CCCN(C(=O)c3ccccc3F)CC2)c1. The topological polar surface area (TPSA) is 49.9 Å². The lowest BCUT2D eigenvalue weighted by molar-refractivity contribution is 0.0716. The summed E-state index contributed by atoms with van der Waals surface area (Å²) in [4.78, 5) is 28.6. The van der Waals surface area contributed by atoms with Gasteiger partial charge in [0.15, 0.2) is 0 Å². The molecular weight excluding hydrogens is 335 g/mol. The molecule has 5 nitrogen and oxygen atoms in total. The molecular formula is C20H21FN2O3. The second-order valence-corrected chi connectivity index (χ2v) is 6.15. The first-order chi connectivity index (χ1) is 12.6. The van der Waals surface area contributed by atoms with E-state index < -0.39 is 5.82 Å². The fourth-order valence-corrected chi connectivity index (χ4v) is 3.07. The number of hydrogen-bond acceptors (Lipinski definition) is 3. The van der Waals surface area contributed by atoms with Crippen LogP contribution in [0.2, 0.25) is 0 Å². The van der Waals surface area contributed by atoms with E-state index >= 15 is 0 Å². The van der Waals surface area contributed by atoms with Crippen LogP contribution < -0.4 is 4.74 Å². The molecule has 1 aliphatic rings. The van der Waals surface area contributed by atoms with Crippen molar-refractivity contribution in [2.75, 3.05) is 33.3 Å². The van der Waals surface area contributed by atoms with Crippen LogP contribution in [0.3, 0.4) is 0 Å². The summed E-state index contributed by atoms with van der Waals surface area (Å²) in [5.41, 5.74) is 0.623. The summed E-state index contributed by atoms with van der Waals surface area (Å²) in [6.07, 6.45) is 0.649. The molecule has 6 heteroatoms. The number of hydrogen-bond donors (Lipinski definition) is 0. The van der Waals surface area contributed by atoms with E-state index in [0.717, 1.165) is 0 Å². The Morgan fingerprint density at radius 3 is 2.31 bits per heavy atom. The lowest BCUT2D eigenvalue weighted by Gasteiger charge is -2.22. The van der Waals surface area contributed by atoms with Gasteiger partial charge in [0.05, 0.1) is 12.7 Å². The standard InChI is InChI=1S/C20H21FN2O3/c1-26-16-7-4-6-15(14-16)19(24)22-10-5-11-23(13-12-22)20(25)17-8-2-3-9-18(17)21/h2-4,6-9,14H,5,10-13H2,1H3. The molecule has 2 amide bonds. The molecule has 1 heterocycles. The number of methoxy groups -OCH3 is 1. The highest BCUT2D eigenvalue weighted by atomic mass is 19.1. The molecule has 0 unspecified atom stereocenters. The Hall–Kier alpha value is -2.89. The van der Waals surface area contributed by atoms with Gasteiger partial charge >= 0.3 is 0 Å². The molecule has 26 heavy (non-hydrogen) atoms.